The number of carbonyl (C=O) groups excluding carboxylic acids is 1. The lowest BCUT2D eigenvalue weighted by Gasteiger charge is -2.13. The largest absolute Gasteiger partial charge is 0.325 e. The minimum absolute atomic E-state index is 0.0162. The minimum Gasteiger partial charge on any atom is -0.325 e. The number of anilines is 1. The lowest BCUT2D eigenvalue weighted by Crippen LogP contribution is -3.08. The Bertz CT molecular complexity index is 864. The smallest absolute Gasteiger partial charge is 0.279 e. The number of quaternary nitrogens is 1. The summed E-state index contributed by atoms with van der Waals surface area (Å²) < 4.78 is 0. The van der Waals surface area contributed by atoms with Gasteiger partial charge in [-0.15, -0.1) is 23.1 Å². The molecule has 1 unspecified atom stereocenters. The summed E-state index contributed by atoms with van der Waals surface area (Å²) in [5.41, 5.74) is 3.02. The molecule has 0 aliphatic heterocycles. The zero-order valence-corrected chi connectivity index (χ0v) is 16.5. The van der Waals surface area contributed by atoms with E-state index in [1.54, 1.807) is 23.1 Å². The van der Waals surface area contributed by atoms with Crippen molar-refractivity contribution in [1.29, 1.82) is 0 Å². The van der Waals surface area contributed by atoms with Crippen LogP contribution in [0.4, 0.5) is 5.69 Å². The van der Waals surface area contributed by atoms with Crippen molar-refractivity contribution in [3.63, 3.8) is 0 Å². The van der Waals surface area contributed by atoms with Gasteiger partial charge in [-0.25, -0.2) is 4.98 Å². The zero-order chi connectivity index (χ0) is 18.4. The molecule has 1 atom stereocenters. The van der Waals surface area contributed by atoms with Crippen molar-refractivity contribution in [3.8, 4) is 10.6 Å². The number of hydrogen-bond donors (Lipinski definition) is 2. The summed E-state index contributed by atoms with van der Waals surface area (Å²) in [5.74, 6) is 0.0162. The van der Waals surface area contributed by atoms with Gasteiger partial charge in [0.2, 0.25) is 0 Å². The third-order valence-corrected chi connectivity index (χ3v) is 5.63. The molecule has 0 radical (unpaired) electrons. The van der Waals surface area contributed by atoms with Crippen molar-refractivity contribution in [2.45, 2.75) is 11.4 Å². The predicted molar refractivity (Wildman–Crippen MR) is 110 cm³/mol. The van der Waals surface area contributed by atoms with Crippen LogP contribution in [-0.4, -0.2) is 30.7 Å². The molecule has 0 spiro atoms. The van der Waals surface area contributed by atoms with Crippen LogP contribution < -0.4 is 10.2 Å². The van der Waals surface area contributed by atoms with E-state index in [-0.39, 0.29) is 5.91 Å². The quantitative estimate of drug-likeness (QED) is 0.615. The highest BCUT2D eigenvalue weighted by molar-refractivity contribution is 7.98. The van der Waals surface area contributed by atoms with Crippen molar-refractivity contribution < 1.29 is 9.69 Å². The molecule has 4 nitrogen and oxygen atoms in total. The lowest BCUT2D eigenvalue weighted by atomic mass is 10.2. The first-order chi connectivity index (χ1) is 12.7. The molecular formula is C20H22N3OS2+. The monoisotopic (exact) mass is 384 g/mol. The van der Waals surface area contributed by atoms with Gasteiger partial charge in [-0.2, -0.15) is 0 Å². The molecule has 2 N–H and O–H groups in total. The second kappa shape index (κ2) is 8.98. The predicted octanol–water partition coefficient (Wildman–Crippen LogP) is 3.19. The van der Waals surface area contributed by atoms with Crippen molar-refractivity contribution in [1.82, 2.24) is 4.98 Å². The molecule has 1 aromatic heterocycles. The Kier molecular flexibility index (Phi) is 6.44. The molecule has 0 fully saturated rings. The van der Waals surface area contributed by atoms with E-state index >= 15 is 0 Å². The highest BCUT2D eigenvalue weighted by atomic mass is 32.2. The van der Waals surface area contributed by atoms with Gasteiger partial charge in [0.15, 0.2) is 6.54 Å². The maximum atomic E-state index is 12.3. The van der Waals surface area contributed by atoms with Gasteiger partial charge in [-0.05, 0) is 18.4 Å². The molecule has 1 amide bonds. The average Bonchev–Trinajstić information content (AvgIpc) is 3.11. The van der Waals surface area contributed by atoms with E-state index in [0.717, 1.165) is 38.3 Å². The van der Waals surface area contributed by atoms with Gasteiger partial charge in [-0.3, -0.25) is 4.79 Å². The Hall–Kier alpha value is -2.15. The van der Waals surface area contributed by atoms with Gasteiger partial charge in [0.1, 0.15) is 17.2 Å². The van der Waals surface area contributed by atoms with E-state index in [1.807, 2.05) is 55.8 Å². The van der Waals surface area contributed by atoms with Crippen LogP contribution in [0.5, 0.6) is 0 Å². The van der Waals surface area contributed by atoms with Gasteiger partial charge in [0.25, 0.3) is 5.91 Å². The highest BCUT2D eigenvalue weighted by Crippen LogP contribution is 2.24. The standard InChI is InChI=1S/C20H21N3OS2/c1-23(13-19(24)22-17-10-6-7-11-18(17)25-2)12-16-14-26-20(21-16)15-8-4-3-5-9-15/h3-11,14H,12-13H2,1-2H3,(H,22,24)/p+1. The number of nitrogens with one attached hydrogen (secondary N) is 2. The summed E-state index contributed by atoms with van der Waals surface area (Å²) in [7, 11) is 2.02. The number of nitrogens with zero attached hydrogens (tertiary/aromatic N) is 1. The second-order valence-electron chi connectivity index (χ2n) is 6.07. The Morgan fingerprint density at radius 1 is 1.15 bits per heavy atom. The summed E-state index contributed by atoms with van der Waals surface area (Å²) in [6.45, 7) is 1.13. The third kappa shape index (κ3) is 4.94. The van der Waals surface area contributed by atoms with Crippen LogP contribution in [0.1, 0.15) is 5.69 Å². The Balaban J connectivity index is 1.56. The van der Waals surface area contributed by atoms with Gasteiger partial charge >= 0.3 is 0 Å². The SMILES string of the molecule is CSc1ccccc1NC(=O)C[NH+](C)Cc1csc(-c2ccccc2)n1. The van der Waals surface area contributed by atoms with Gasteiger partial charge in [0, 0.05) is 15.8 Å². The molecule has 0 aliphatic carbocycles. The number of hydrogen-bond acceptors (Lipinski definition) is 4. The van der Waals surface area contributed by atoms with Gasteiger partial charge in [0.05, 0.1) is 12.7 Å². The fourth-order valence-corrected chi connectivity index (χ4v) is 4.07. The van der Waals surface area contributed by atoms with Crippen LogP contribution in [-0.2, 0) is 11.3 Å². The number of benzene rings is 2. The van der Waals surface area contributed by atoms with E-state index in [1.165, 1.54) is 0 Å². The van der Waals surface area contributed by atoms with Crippen molar-refractivity contribution in [2.24, 2.45) is 0 Å². The molecule has 0 saturated carbocycles. The Labute approximate surface area is 162 Å². The summed E-state index contributed by atoms with van der Waals surface area (Å²) in [4.78, 5) is 19.2. The van der Waals surface area contributed by atoms with E-state index in [0.29, 0.717) is 6.54 Å². The molecule has 3 rings (SSSR count). The zero-order valence-electron chi connectivity index (χ0n) is 14.9. The number of thiazole rings is 1. The number of likely N-dealkylation sites (N-methyl/N-ethyl adjacent to an activating group) is 1. The van der Waals surface area contributed by atoms with E-state index in [2.05, 4.69) is 22.8 Å². The van der Waals surface area contributed by atoms with E-state index < -0.39 is 0 Å². The van der Waals surface area contributed by atoms with Crippen molar-refractivity contribution in [2.75, 3.05) is 25.2 Å². The van der Waals surface area contributed by atoms with Crippen molar-refractivity contribution >= 4 is 34.7 Å². The summed E-state index contributed by atoms with van der Waals surface area (Å²) in [5, 5.41) is 6.11. The number of carbonyl (C=O) groups is 1. The maximum absolute atomic E-state index is 12.3. The molecule has 0 aliphatic rings. The highest BCUT2D eigenvalue weighted by Gasteiger charge is 2.14. The number of amides is 1. The fraction of sp³-hybridized carbons (Fsp3) is 0.200. The van der Waals surface area contributed by atoms with Gasteiger partial charge in [-0.1, -0.05) is 42.5 Å². The van der Waals surface area contributed by atoms with Crippen LogP contribution in [0, 0.1) is 0 Å². The number of rotatable bonds is 7. The molecule has 1 heterocycles. The molecule has 2 aromatic carbocycles. The van der Waals surface area contributed by atoms with Crippen LogP contribution in [0.15, 0.2) is 64.9 Å². The first kappa shape index (κ1) is 18.6. The first-order valence-electron chi connectivity index (χ1n) is 8.39. The van der Waals surface area contributed by atoms with Crippen LogP contribution in [0.3, 0.4) is 0 Å². The number of thioether (sulfide) groups is 1. The van der Waals surface area contributed by atoms with E-state index in [9.17, 15) is 4.79 Å². The van der Waals surface area contributed by atoms with Gasteiger partial charge < -0.3 is 10.2 Å². The fourth-order valence-electron chi connectivity index (χ4n) is 2.69. The van der Waals surface area contributed by atoms with Crippen LogP contribution in [0.2, 0.25) is 0 Å². The first-order valence-corrected chi connectivity index (χ1v) is 10.5. The molecule has 0 saturated heterocycles. The molecule has 6 heteroatoms. The normalized spacial score (nSPS) is 11.9. The average molecular weight is 385 g/mol. The van der Waals surface area contributed by atoms with Crippen molar-refractivity contribution in [3.05, 3.63) is 65.7 Å². The van der Waals surface area contributed by atoms with Crippen LogP contribution in [0.25, 0.3) is 10.6 Å². The summed E-state index contributed by atoms with van der Waals surface area (Å²) in [6.07, 6.45) is 2.01. The van der Waals surface area contributed by atoms with Crippen LogP contribution >= 0.6 is 23.1 Å². The molecule has 0 bridgehead atoms. The molecule has 3 aromatic rings. The third-order valence-electron chi connectivity index (χ3n) is 3.90. The topological polar surface area (TPSA) is 46.4 Å². The minimum atomic E-state index is 0.0162. The Morgan fingerprint density at radius 3 is 2.65 bits per heavy atom. The molecule has 26 heavy (non-hydrogen) atoms. The number of para-hydroxylation sites is 1. The second-order valence-corrected chi connectivity index (χ2v) is 7.78. The lowest BCUT2D eigenvalue weighted by molar-refractivity contribution is -0.885. The molecular weight excluding hydrogens is 362 g/mol. The Morgan fingerprint density at radius 2 is 1.88 bits per heavy atom. The molecule has 134 valence electrons. The summed E-state index contributed by atoms with van der Waals surface area (Å²) >= 11 is 3.27. The number of aromatic nitrogens is 1. The maximum Gasteiger partial charge on any atom is 0.279 e. The van der Waals surface area contributed by atoms with E-state index in [4.69, 9.17) is 4.98 Å². The summed E-state index contributed by atoms with van der Waals surface area (Å²) in [6, 6.07) is 18.0.